The molecule has 0 aromatic heterocycles. The summed E-state index contributed by atoms with van der Waals surface area (Å²) in [5, 5.41) is 17.0. The molecule has 4 nitrogen and oxygen atoms in total. The number of rotatable bonds is 30. The van der Waals surface area contributed by atoms with Crippen LogP contribution in [0.1, 0.15) is 194 Å². The molecule has 0 aromatic rings. The van der Waals surface area contributed by atoms with Gasteiger partial charge in [0.1, 0.15) is 0 Å². The SMILES string of the molecule is CCCCCC/C=C\CCCCCCCCCC(=O)O.CCCCCC/C=C\CCCCCCCCCC(=O)O.[Mn]. The molecule has 0 atom stereocenters. The number of hydrogen-bond donors (Lipinski definition) is 2. The van der Waals surface area contributed by atoms with E-state index in [0.29, 0.717) is 12.8 Å². The molecule has 0 fully saturated rings. The third kappa shape index (κ3) is 49.0. The van der Waals surface area contributed by atoms with Gasteiger partial charge < -0.3 is 10.2 Å². The van der Waals surface area contributed by atoms with Crippen LogP contribution in [0.5, 0.6) is 0 Å². The fourth-order valence-corrected chi connectivity index (χ4v) is 4.69. The molecule has 0 rings (SSSR count). The predicted octanol–water partition coefficient (Wildman–Crippen LogP) is 12.2. The second-order valence-corrected chi connectivity index (χ2v) is 11.5. The van der Waals surface area contributed by atoms with E-state index in [-0.39, 0.29) is 17.1 Å². The second-order valence-electron chi connectivity index (χ2n) is 11.5. The van der Waals surface area contributed by atoms with E-state index in [2.05, 4.69) is 38.2 Å². The molecular formula is C36H68MnO4. The van der Waals surface area contributed by atoms with Crippen LogP contribution in [0.3, 0.4) is 0 Å². The number of unbranched alkanes of at least 4 members (excludes halogenated alkanes) is 22. The maximum Gasteiger partial charge on any atom is 0.303 e. The number of carboxylic acids is 2. The molecule has 0 saturated carbocycles. The number of hydrogen-bond acceptors (Lipinski definition) is 2. The minimum atomic E-state index is -0.661. The van der Waals surface area contributed by atoms with E-state index >= 15 is 0 Å². The Kier molecular flexibility index (Phi) is 44.5. The van der Waals surface area contributed by atoms with E-state index in [1.165, 1.54) is 141 Å². The Labute approximate surface area is 266 Å². The van der Waals surface area contributed by atoms with Crippen LogP contribution in [0, 0.1) is 0 Å². The second kappa shape index (κ2) is 41.1. The van der Waals surface area contributed by atoms with Gasteiger partial charge >= 0.3 is 11.9 Å². The fraction of sp³-hybridized carbons (Fsp3) is 0.833. The van der Waals surface area contributed by atoms with Crippen molar-refractivity contribution in [2.75, 3.05) is 0 Å². The van der Waals surface area contributed by atoms with Crippen molar-refractivity contribution in [2.24, 2.45) is 0 Å². The molecule has 0 amide bonds. The van der Waals surface area contributed by atoms with Crippen LogP contribution < -0.4 is 0 Å². The largest absolute Gasteiger partial charge is 0.481 e. The molecule has 0 unspecified atom stereocenters. The van der Waals surface area contributed by atoms with E-state index in [4.69, 9.17) is 10.2 Å². The molecule has 1 radical (unpaired) electrons. The van der Waals surface area contributed by atoms with Gasteiger partial charge in [-0.2, -0.15) is 0 Å². The first-order chi connectivity index (χ1) is 19.5. The van der Waals surface area contributed by atoms with Crippen molar-refractivity contribution in [2.45, 2.75) is 194 Å². The summed E-state index contributed by atoms with van der Waals surface area (Å²) in [4.78, 5) is 20.7. The Morgan fingerprint density at radius 1 is 0.390 bits per heavy atom. The Morgan fingerprint density at radius 2 is 0.610 bits per heavy atom. The first-order valence-corrected chi connectivity index (χ1v) is 17.3. The quantitative estimate of drug-likeness (QED) is 0.0476. The summed E-state index contributed by atoms with van der Waals surface area (Å²) in [5.74, 6) is -1.32. The van der Waals surface area contributed by atoms with Gasteiger partial charge in [0.05, 0.1) is 0 Å². The van der Waals surface area contributed by atoms with Crippen LogP contribution in [0.15, 0.2) is 24.3 Å². The van der Waals surface area contributed by atoms with E-state index in [0.717, 1.165) is 25.7 Å². The van der Waals surface area contributed by atoms with Crippen LogP contribution >= 0.6 is 0 Å². The zero-order valence-electron chi connectivity index (χ0n) is 27.2. The molecule has 0 spiro atoms. The summed E-state index contributed by atoms with van der Waals surface area (Å²) in [6.45, 7) is 4.50. The molecule has 0 aromatic carbocycles. The van der Waals surface area contributed by atoms with Crippen LogP contribution in [0.4, 0.5) is 0 Å². The van der Waals surface area contributed by atoms with Gasteiger partial charge in [-0.15, -0.1) is 0 Å². The van der Waals surface area contributed by atoms with Crippen molar-refractivity contribution in [3.63, 3.8) is 0 Å². The Balaban J connectivity index is -0.000000688. The maximum absolute atomic E-state index is 10.3. The van der Waals surface area contributed by atoms with Crippen molar-refractivity contribution >= 4 is 11.9 Å². The Hall–Kier alpha value is -1.06. The Morgan fingerprint density at radius 3 is 0.854 bits per heavy atom. The molecule has 243 valence electrons. The summed E-state index contributed by atoms with van der Waals surface area (Å²) in [6, 6.07) is 0. The fourth-order valence-electron chi connectivity index (χ4n) is 4.69. The average Bonchev–Trinajstić information content (AvgIpc) is 2.93. The molecular weight excluding hydrogens is 551 g/mol. The van der Waals surface area contributed by atoms with Crippen molar-refractivity contribution in [1.82, 2.24) is 0 Å². The molecule has 0 aliphatic rings. The molecule has 5 heteroatoms. The van der Waals surface area contributed by atoms with E-state index in [1.807, 2.05) is 0 Å². The van der Waals surface area contributed by atoms with Crippen LogP contribution in [0.2, 0.25) is 0 Å². The summed E-state index contributed by atoms with van der Waals surface area (Å²) in [7, 11) is 0. The van der Waals surface area contributed by atoms with E-state index < -0.39 is 11.9 Å². The number of aliphatic carboxylic acids is 2. The molecule has 0 saturated heterocycles. The molecule has 0 bridgehead atoms. The van der Waals surface area contributed by atoms with Crippen molar-refractivity contribution in [3.05, 3.63) is 24.3 Å². The van der Waals surface area contributed by atoms with Crippen molar-refractivity contribution < 1.29 is 36.9 Å². The van der Waals surface area contributed by atoms with Crippen LogP contribution in [0.25, 0.3) is 0 Å². The van der Waals surface area contributed by atoms with E-state index in [1.54, 1.807) is 0 Å². The standard InChI is InChI=1S/2C18H34O2.Mn/c2*1-2-3-4-5-6-7-8-9-10-11-12-13-14-15-16-17-18(19)20;/h2*7-8H,2-6,9-17H2,1H3,(H,19,20);/b2*8-7-;. The van der Waals surface area contributed by atoms with Gasteiger partial charge in [-0.25, -0.2) is 0 Å². The molecule has 0 aliphatic carbocycles. The van der Waals surface area contributed by atoms with Gasteiger partial charge in [0.15, 0.2) is 0 Å². The van der Waals surface area contributed by atoms with Crippen LogP contribution in [-0.2, 0) is 26.7 Å². The monoisotopic (exact) mass is 619 g/mol. The average molecular weight is 620 g/mol. The minimum absolute atomic E-state index is 0. The summed E-state index contributed by atoms with van der Waals surface area (Å²) >= 11 is 0. The van der Waals surface area contributed by atoms with Gasteiger partial charge in [0.2, 0.25) is 0 Å². The number of carbonyl (C=O) groups is 2. The predicted molar refractivity (Wildman–Crippen MR) is 174 cm³/mol. The summed E-state index contributed by atoms with van der Waals surface area (Å²) in [6.07, 6.45) is 42.5. The van der Waals surface area contributed by atoms with Gasteiger partial charge in [-0.1, -0.05) is 141 Å². The number of carboxylic acid groups (broad SMARTS) is 2. The third-order valence-corrected chi connectivity index (χ3v) is 7.30. The summed E-state index contributed by atoms with van der Waals surface area (Å²) < 4.78 is 0. The smallest absolute Gasteiger partial charge is 0.303 e. The third-order valence-electron chi connectivity index (χ3n) is 7.30. The normalized spacial score (nSPS) is 11.0. The minimum Gasteiger partial charge on any atom is -0.481 e. The molecule has 0 heterocycles. The zero-order chi connectivity index (χ0) is 29.8. The Bertz CT molecular complexity index is 524. The first-order valence-electron chi connectivity index (χ1n) is 17.3. The van der Waals surface area contributed by atoms with Gasteiger partial charge in [-0.3, -0.25) is 9.59 Å². The molecule has 2 N–H and O–H groups in total. The zero-order valence-corrected chi connectivity index (χ0v) is 28.4. The topological polar surface area (TPSA) is 74.6 Å². The summed E-state index contributed by atoms with van der Waals surface area (Å²) in [5.41, 5.74) is 0. The number of allylic oxidation sites excluding steroid dienone is 4. The van der Waals surface area contributed by atoms with Crippen molar-refractivity contribution in [3.8, 4) is 0 Å². The first kappa shape index (κ1) is 44.4. The molecule has 0 aliphatic heterocycles. The van der Waals surface area contributed by atoms with E-state index in [9.17, 15) is 9.59 Å². The van der Waals surface area contributed by atoms with Gasteiger partial charge in [0, 0.05) is 29.9 Å². The van der Waals surface area contributed by atoms with Crippen LogP contribution in [-0.4, -0.2) is 22.2 Å². The van der Waals surface area contributed by atoms with Crippen molar-refractivity contribution in [1.29, 1.82) is 0 Å². The molecule has 41 heavy (non-hydrogen) atoms. The van der Waals surface area contributed by atoms with Gasteiger partial charge in [-0.05, 0) is 64.2 Å². The maximum atomic E-state index is 10.3. The van der Waals surface area contributed by atoms with Gasteiger partial charge in [0.25, 0.3) is 0 Å².